The molecule has 0 radical (unpaired) electrons. The third-order valence-electron chi connectivity index (χ3n) is 2.18. The maximum absolute atomic E-state index is 12.8. The fraction of sp³-hybridized carbons (Fsp3) is 0.182. The largest absolute Gasteiger partial charge is 0.398 e. The number of thioether (sulfide) groups is 1. The zero-order chi connectivity index (χ0) is 11.5. The molecule has 84 valence electrons. The van der Waals surface area contributed by atoms with Crippen LogP contribution in [0.2, 0.25) is 0 Å². The molecular weight excluding hydrogens is 225 g/mol. The number of nitrogen functional groups attached to an aromatic ring is 1. The Balaban J connectivity index is 2.04. The fourth-order valence-corrected chi connectivity index (χ4v) is 2.27. The van der Waals surface area contributed by atoms with Gasteiger partial charge in [-0.1, -0.05) is 6.07 Å². The quantitative estimate of drug-likeness (QED) is 0.658. The van der Waals surface area contributed by atoms with Gasteiger partial charge in [-0.15, -0.1) is 11.8 Å². The van der Waals surface area contributed by atoms with Gasteiger partial charge in [0.1, 0.15) is 5.82 Å². The van der Waals surface area contributed by atoms with E-state index in [2.05, 4.69) is 5.10 Å². The molecule has 0 unspecified atom stereocenters. The van der Waals surface area contributed by atoms with Crippen LogP contribution < -0.4 is 5.73 Å². The number of nitrogens with two attached hydrogens (primary N) is 1. The normalized spacial score (nSPS) is 10.6. The van der Waals surface area contributed by atoms with E-state index in [9.17, 15) is 4.39 Å². The van der Waals surface area contributed by atoms with E-state index in [1.165, 1.54) is 12.1 Å². The Bertz CT molecular complexity index is 496. The highest BCUT2D eigenvalue weighted by Crippen LogP contribution is 2.25. The highest BCUT2D eigenvalue weighted by Gasteiger charge is 2.03. The van der Waals surface area contributed by atoms with E-state index in [1.807, 2.05) is 13.2 Å². The first-order valence-electron chi connectivity index (χ1n) is 4.80. The van der Waals surface area contributed by atoms with E-state index in [4.69, 9.17) is 5.73 Å². The van der Waals surface area contributed by atoms with Gasteiger partial charge in [-0.05, 0) is 17.7 Å². The molecule has 0 spiro atoms. The second-order valence-electron chi connectivity index (χ2n) is 3.48. The van der Waals surface area contributed by atoms with E-state index >= 15 is 0 Å². The van der Waals surface area contributed by atoms with Crippen molar-refractivity contribution in [2.75, 3.05) is 5.73 Å². The van der Waals surface area contributed by atoms with Crippen molar-refractivity contribution in [3.05, 3.63) is 42.0 Å². The minimum absolute atomic E-state index is 0.298. The molecule has 0 fully saturated rings. The second-order valence-corrected chi connectivity index (χ2v) is 4.53. The third kappa shape index (κ3) is 2.55. The molecule has 0 saturated carbocycles. The minimum Gasteiger partial charge on any atom is -0.398 e. The molecule has 2 aromatic rings. The number of aromatic nitrogens is 2. The maximum Gasteiger partial charge on any atom is 0.125 e. The number of aryl methyl sites for hydroxylation is 1. The van der Waals surface area contributed by atoms with E-state index in [-0.39, 0.29) is 5.82 Å². The van der Waals surface area contributed by atoms with Gasteiger partial charge in [0.25, 0.3) is 0 Å². The SMILES string of the molecule is Cn1cc(SCc2ccc(F)cc2N)cn1. The summed E-state index contributed by atoms with van der Waals surface area (Å²) in [6, 6.07) is 4.49. The van der Waals surface area contributed by atoms with Gasteiger partial charge in [0.2, 0.25) is 0 Å². The predicted octanol–water partition coefficient (Wildman–Crippen LogP) is 2.43. The molecule has 3 nitrogen and oxygen atoms in total. The summed E-state index contributed by atoms with van der Waals surface area (Å²) in [6.07, 6.45) is 3.73. The Labute approximate surface area is 97.5 Å². The first kappa shape index (κ1) is 11.0. The summed E-state index contributed by atoms with van der Waals surface area (Å²) in [5.74, 6) is 0.422. The molecule has 2 rings (SSSR count). The van der Waals surface area contributed by atoms with Crippen LogP contribution in [0.5, 0.6) is 0 Å². The lowest BCUT2D eigenvalue weighted by Gasteiger charge is -2.03. The number of nitrogens with zero attached hydrogens (tertiary/aromatic N) is 2. The zero-order valence-corrected chi connectivity index (χ0v) is 9.67. The number of hydrogen-bond acceptors (Lipinski definition) is 3. The van der Waals surface area contributed by atoms with Gasteiger partial charge >= 0.3 is 0 Å². The molecule has 16 heavy (non-hydrogen) atoms. The fourth-order valence-electron chi connectivity index (χ4n) is 1.33. The van der Waals surface area contributed by atoms with Crippen LogP contribution in [0.4, 0.5) is 10.1 Å². The molecule has 2 N–H and O–H groups in total. The zero-order valence-electron chi connectivity index (χ0n) is 8.85. The summed E-state index contributed by atoms with van der Waals surface area (Å²) in [5, 5.41) is 4.07. The molecular formula is C11H12FN3S. The van der Waals surface area contributed by atoms with Crippen LogP contribution in [0.25, 0.3) is 0 Å². The van der Waals surface area contributed by atoms with E-state index in [0.717, 1.165) is 16.2 Å². The van der Waals surface area contributed by atoms with Crippen molar-refractivity contribution in [2.45, 2.75) is 10.6 Å². The van der Waals surface area contributed by atoms with Gasteiger partial charge in [0.05, 0.1) is 6.20 Å². The summed E-state index contributed by atoms with van der Waals surface area (Å²) < 4.78 is 14.6. The van der Waals surface area contributed by atoms with Gasteiger partial charge in [0, 0.05) is 29.6 Å². The molecule has 1 aromatic heterocycles. The molecule has 0 aliphatic heterocycles. The van der Waals surface area contributed by atoms with E-state index in [1.54, 1.807) is 28.7 Å². The van der Waals surface area contributed by atoms with Gasteiger partial charge in [0.15, 0.2) is 0 Å². The van der Waals surface area contributed by atoms with Crippen LogP contribution in [0.1, 0.15) is 5.56 Å². The summed E-state index contributed by atoms with van der Waals surface area (Å²) in [7, 11) is 1.87. The summed E-state index contributed by atoms with van der Waals surface area (Å²) in [5.41, 5.74) is 7.15. The first-order chi connectivity index (χ1) is 7.65. The Kier molecular flexibility index (Phi) is 3.14. The van der Waals surface area contributed by atoms with Crippen molar-refractivity contribution >= 4 is 17.4 Å². The van der Waals surface area contributed by atoms with E-state index < -0.39 is 0 Å². The Hall–Kier alpha value is -1.49. The highest BCUT2D eigenvalue weighted by molar-refractivity contribution is 7.98. The molecule has 1 heterocycles. The lowest BCUT2D eigenvalue weighted by Crippen LogP contribution is -1.93. The lowest BCUT2D eigenvalue weighted by molar-refractivity contribution is 0.628. The third-order valence-corrected chi connectivity index (χ3v) is 3.18. The molecule has 0 bridgehead atoms. The van der Waals surface area contributed by atoms with Crippen LogP contribution in [0.3, 0.4) is 0 Å². The molecule has 1 aromatic carbocycles. The van der Waals surface area contributed by atoms with Crippen molar-refractivity contribution in [1.82, 2.24) is 9.78 Å². The monoisotopic (exact) mass is 237 g/mol. The molecule has 5 heteroatoms. The average molecular weight is 237 g/mol. The van der Waals surface area contributed by atoms with Gasteiger partial charge < -0.3 is 5.73 Å². The number of hydrogen-bond donors (Lipinski definition) is 1. The molecule has 0 aliphatic rings. The van der Waals surface area contributed by atoms with Crippen LogP contribution in [-0.4, -0.2) is 9.78 Å². The van der Waals surface area contributed by atoms with Crippen LogP contribution in [0, 0.1) is 5.82 Å². The van der Waals surface area contributed by atoms with Crippen LogP contribution >= 0.6 is 11.8 Å². The number of halogens is 1. The van der Waals surface area contributed by atoms with Crippen molar-refractivity contribution in [2.24, 2.45) is 7.05 Å². The standard InChI is InChI=1S/C11H12FN3S/c1-15-6-10(5-14-15)16-7-8-2-3-9(12)4-11(8)13/h2-6H,7,13H2,1H3. The van der Waals surface area contributed by atoms with Crippen molar-refractivity contribution in [1.29, 1.82) is 0 Å². The van der Waals surface area contributed by atoms with Gasteiger partial charge in [-0.2, -0.15) is 5.10 Å². The smallest absolute Gasteiger partial charge is 0.125 e. The minimum atomic E-state index is -0.298. The number of benzene rings is 1. The first-order valence-corrected chi connectivity index (χ1v) is 5.79. The number of anilines is 1. The van der Waals surface area contributed by atoms with Crippen LogP contribution in [0.15, 0.2) is 35.5 Å². The second kappa shape index (κ2) is 4.57. The summed E-state index contributed by atoms with van der Waals surface area (Å²) in [6.45, 7) is 0. The predicted molar refractivity (Wildman–Crippen MR) is 63.6 cm³/mol. The van der Waals surface area contributed by atoms with Gasteiger partial charge in [-0.25, -0.2) is 4.39 Å². The van der Waals surface area contributed by atoms with Gasteiger partial charge in [-0.3, -0.25) is 4.68 Å². The Morgan fingerprint density at radius 3 is 2.94 bits per heavy atom. The molecule has 0 amide bonds. The van der Waals surface area contributed by atoms with E-state index in [0.29, 0.717) is 5.69 Å². The Morgan fingerprint density at radius 1 is 1.50 bits per heavy atom. The summed E-state index contributed by atoms with van der Waals surface area (Å²) >= 11 is 1.63. The van der Waals surface area contributed by atoms with Crippen molar-refractivity contribution < 1.29 is 4.39 Å². The van der Waals surface area contributed by atoms with Crippen LogP contribution in [-0.2, 0) is 12.8 Å². The molecule has 0 saturated heterocycles. The molecule has 0 aliphatic carbocycles. The lowest BCUT2D eigenvalue weighted by atomic mass is 10.2. The van der Waals surface area contributed by atoms with Crippen molar-refractivity contribution in [3.8, 4) is 0 Å². The topological polar surface area (TPSA) is 43.8 Å². The average Bonchev–Trinajstić information content (AvgIpc) is 2.63. The summed E-state index contributed by atoms with van der Waals surface area (Å²) in [4.78, 5) is 1.08. The molecule has 0 atom stereocenters. The Morgan fingerprint density at radius 2 is 2.31 bits per heavy atom. The highest BCUT2D eigenvalue weighted by atomic mass is 32.2. The number of rotatable bonds is 3. The maximum atomic E-state index is 12.8. The van der Waals surface area contributed by atoms with Crippen molar-refractivity contribution in [3.63, 3.8) is 0 Å².